The fraction of sp³-hybridized carbons (Fsp3) is 0.188. The lowest BCUT2D eigenvalue weighted by Crippen LogP contribution is -2.26. The number of ether oxygens (including phenoxy) is 1. The number of nitrogens with zero attached hydrogens (tertiary/aromatic N) is 3. The molecule has 0 radical (unpaired) electrons. The van der Waals surface area contributed by atoms with E-state index in [2.05, 4.69) is 15.1 Å². The van der Waals surface area contributed by atoms with Crippen LogP contribution in [-0.2, 0) is 6.42 Å². The molecule has 7 nitrogen and oxygen atoms in total. The van der Waals surface area contributed by atoms with Crippen LogP contribution in [0.1, 0.15) is 5.89 Å². The molecule has 0 fully saturated rings. The van der Waals surface area contributed by atoms with E-state index < -0.39 is 11.9 Å². The highest BCUT2D eigenvalue weighted by Crippen LogP contribution is 2.26. The Kier molecular flexibility index (Phi) is 5.22. The number of halogens is 2. The van der Waals surface area contributed by atoms with Gasteiger partial charge in [-0.05, 0) is 30.3 Å². The fourth-order valence-electron chi connectivity index (χ4n) is 2.00. The summed E-state index contributed by atoms with van der Waals surface area (Å²) in [5.41, 5.74) is 6.31. The van der Waals surface area contributed by atoms with Crippen molar-refractivity contribution in [2.45, 2.75) is 12.5 Å². The average Bonchev–Trinajstić information content (AvgIpc) is 3.06. The zero-order chi connectivity index (χ0) is 17.8. The molecule has 25 heavy (non-hydrogen) atoms. The minimum Gasteiger partial charge on any atom is -0.436 e. The van der Waals surface area contributed by atoms with Gasteiger partial charge in [0, 0.05) is 24.2 Å². The van der Waals surface area contributed by atoms with E-state index in [9.17, 15) is 4.39 Å². The van der Waals surface area contributed by atoms with E-state index in [4.69, 9.17) is 31.7 Å². The molecular weight excluding hydrogens is 351 g/mol. The number of hydrogen-bond donors (Lipinski definition) is 2. The van der Waals surface area contributed by atoms with Gasteiger partial charge in [0.05, 0.1) is 11.6 Å². The van der Waals surface area contributed by atoms with Crippen molar-refractivity contribution in [3.05, 3.63) is 53.3 Å². The molecule has 0 saturated heterocycles. The first kappa shape index (κ1) is 17.3. The maximum absolute atomic E-state index is 13.7. The third kappa shape index (κ3) is 4.30. The van der Waals surface area contributed by atoms with Crippen molar-refractivity contribution < 1.29 is 18.8 Å². The van der Waals surface area contributed by atoms with E-state index in [-0.39, 0.29) is 23.9 Å². The van der Waals surface area contributed by atoms with Gasteiger partial charge in [-0.15, -0.1) is 0 Å². The predicted molar refractivity (Wildman–Crippen MR) is 87.8 cm³/mol. The van der Waals surface area contributed by atoms with Crippen molar-refractivity contribution >= 4 is 11.6 Å². The van der Waals surface area contributed by atoms with Gasteiger partial charge in [-0.25, -0.2) is 9.37 Å². The Morgan fingerprint density at radius 3 is 2.76 bits per heavy atom. The van der Waals surface area contributed by atoms with E-state index >= 15 is 0 Å². The summed E-state index contributed by atoms with van der Waals surface area (Å²) in [6.07, 6.45) is 1.58. The van der Waals surface area contributed by atoms with Gasteiger partial charge in [-0.3, -0.25) is 0 Å². The Morgan fingerprint density at radius 1 is 1.32 bits per heavy atom. The number of hydrogen-bond acceptors (Lipinski definition) is 7. The summed E-state index contributed by atoms with van der Waals surface area (Å²) in [6.45, 7) is -0.168. The lowest BCUT2D eigenvalue weighted by atomic mass is 10.2. The standard InChI is InChI=1S/C16H14ClFN4O3/c17-10-5-13(18)16(20-7-10)24-12-3-1-9(2-4-12)15-21-14(25-22-15)6-11(19)8-23/h1-5,7,11,23H,6,8,19H2. The van der Waals surface area contributed by atoms with Crippen molar-refractivity contribution in [2.75, 3.05) is 6.61 Å². The van der Waals surface area contributed by atoms with Crippen LogP contribution in [0.25, 0.3) is 11.4 Å². The lowest BCUT2D eigenvalue weighted by Gasteiger charge is -2.06. The van der Waals surface area contributed by atoms with Gasteiger partial charge in [0.15, 0.2) is 5.82 Å². The SMILES string of the molecule is NC(CO)Cc1nc(-c2ccc(Oc3ncc(Cl)cc3F)cc2)no1. The van der Waals surface area contributed by atoms with Gasteiger partial charge in [0.1, 0.15) is 5.75 Å². The van der Waals surface area contributed by atoms with Gasteiger partial charge < -0.3 is 20.1 Å². The van der Waals surface area contributed by atoms with Crippen molar-refractivity contribution in [1.29, 1.82) is 0 Å². The number of aliphatic hydroxyl groups excluding tert-OH is 1. The molecule has 1 aromatic carbocycles. The van der Waals surface area contributed by atoms with Crippen LogP contribution in [0, 0.1) is 5.82 Å². The Bertz CT molecular complexity index is 857. The maximum Gasteiger partial charge on any atom is 0.255 e. The minimum atomic E-state index is -0.653. The molecule has 3 aromatic rings. The highest BCUT2D eigenvalue weighted by Gasteiger charge is 2.13. The molecule has 0 bridgehead atoms. The van der Waals surface area contributed by atoms with Crippen LogP contribution < -0.4 is 10.5 Å². The summed E-state index contributed by atoms with van der Waals surface area (Å²) in [5, 5.41) is 13.0. The zero-order valence-electron chi connectivity index (χ0n) is 12.9. The topological polar surface area (TPSA) is 107 Å². The summed E-state index contributed by atoms with van der Waals surface area (Å²) in [4.78, 5) is 8.00. The largest absolute Gasteiger partial charge is 0.436 e. The van der Waals surface area contributed by atoms with Crippen LogP contribution in [-0.4, -0.2) is 32.9 Å². The molecule has 1 unspecified atom stereocenters. The van der Waals surface area contributed by atoms with Crippen molar-refractivity contribution in [1.82, 2.24) is 15.1 Å². The second-order valence-electron chi connectivity index (χ2n) is 5.23. The molecule has 0 amide bonds. The molecule has 3 N–H and O–H groups in total. The lowest BCUT2D eigenvalue weighted by molar-refractivity contribution is 0.254. The smallest absolute Gasteiger partial charge is 0.255 e. The van der Waals surface area contributed by atoms with Crippen molar-refractivity contribution in [3.8, 4) is 23.0 Å². The Balaban J connectivity index is 1.72. The average molecular weight is 365 g/mol. The van der Waals surface area contributed by atoms with E-state index in [1.54, 1.807) is 24.3 Å². The van der Waals surface area contributed by atoms with Crippen molar-refractivity contribution in [3.63, 3.8) is 0 Å². The Labute approximate surface area is 147 Å². The molecule has 0 spiro atoms. The molecule has 2 aromatic heterocycles. The van der Waals surface area contributed by atoms with E-state index in [0.717, 1.165) is 6.07 Å². The Hall–Kier alpha value is -2.55. The van der Waals surface area contributed by atoms with Crippen LogP contribution in [0.3, 0.4) is 0 Å². The van der Waals surface area contributed by atoms with Crippen LogP contribution in [0.15, 0.2) is 41.1 Å². The summed E-state index contributed by atoms with van der Waals surface area (Å²) in [5.74, 6) is 0.284. The Morgan fingerprint density at radius 2 is 2.08 bits per heavy atom. The summed E-state index contributed by atoms with van der Waals surface area (Å²) < 4.78 is 24.1. The fourth-order valence-corrected chi connectivity index (χ4v) is 2.15. The van der Waals surface area contributed by atoms with Gasteiger partial charge in [-0.1, -0.05) is 16.8 Å². The third-order valence-corrected chi connectivity index (χ3v) is 3.45. The molecule has 2 heterocycles. The molecule has 0 aliphatic rings. The molecular formula is C16H14ClFN4O3. The molecule has 130 valence electrons. The molecule has 1 atom stereocenters. The number of nitrogens with two attached hydrogens (primary N) is 1. The quantitative estimate of drug-likeness (QED) is 0.692. The number of pyridine rings is 1. The number of benzene rings is 1. The molecule has 0 aliphatic carbocycles. The first-order valence-corrected chi connectivity index (χ1v) is 7.71. The molecule has 0 aliphatic heterocycles. The van der Waals surface area contributed by atoms with Gasteiger partial charge in [0.25, 0.3) is 5.88 Å². The van der Waals surface area contributed by atoms with Gasteiger partial charge >= 0.3 is 0 Å². The number of aliphatic hydroxyl groups is 1. The molecule has 0 saturated carbocycles. The minimum absolute atomic E-state index is 0.168. The second-order valence-corrected chi connectivity index (χ2v) is 5.66. The van der Waals surface area contributed by atoms with Crippen molar-refractivity contribution in [2.24, 2.45) is 5.73 Å². The zero-order valence-corrected chi connectivity index (χ0v) is 13.7. The summed E-state index contributed by atoms with van der Waals surface area (Å²) >= 11 is 5.65. The molecule has 9 heteroatoms. The molecule has 3 rings (SSSR count). The monoisotopic (exact) mass is 364 g/mol. The number of aromatic nitrogens is 3. The van der Waals surface area contributed by atoms with E-state index in [1.807, 2.05) is 0 Å². The number of rotatable bonds is 6. The normalized spacial score (nSPS) is 12.2. The van der Waals surface area contributed by atoms with Crippen LogP contribution in [0.4, 0.5) is 4.39 Å². The first-order valence-electron chi connectivity index (χ1n) is 7.33. The second kappa shape index (κ2) is 7.56. The van der Waals surface area contributed by atoms with Gasteiger partial charge in [0.2, 0.25) is 11.7 Å². The predicted octanol–water partition coefficient (Wildman–Crippen LogP) is 2.58. The van der Waals surface area contributed by atoms with E-state index in [0.29, 0.717) is 23.0 Å². The van der Waals surface area contributed by atoms with E-state index in [1.165, 1.54) is 6.20 Å². The highest BCUT2D eigenvalue weighted by atomic mass is 35.5. The van der Waals surface area contributed by atoms with Crippen LogP contribution in [0.5, 0.6) is 11.6 Å². The van der Waals surface area contributed by atoms with Crippen LogP contribution in [0.2, 0.25) is 5.02 Å². The summed E-state index contributed by atoms with van der Waals surface area (Å²) in [6, 6.07) is 7.32. The first-order chi connectivity index (χ1) is 12.0. The maximum atomic E-state index is 13.7. The third-order valence-electron chi connectivity index (χ3n) is 3.24. The van der Waals surface area contributed by atoms with Crippen LogP contribution >= 0.6 is 11.6 Å². The summed E-state index contributed by atoms with van der Waals surface area (Å²) in [7, 11) is 0. The van der Waals surface area contributed by atoms with Gasteiger partial charge in [-0.2, -0.15) is 4.98 Å². The highest BCUT2D eigenvalue weighted by molar-refractivity contribution is 6.30.